The van der Waals surface area contributed by atoms with Crippen molar-refractivity contribution >= 4 is 34.1 Å². The lowest BCUT2D eigenvalue weighted by Crippen LogP contribution is -2.47. The average molecular weight is 325 g/mol. The Hall–Kier alpha value is -1.96. The summed E-state index contributed by atoms with van der Waals surface area (Å²) < 4.78 is 62.2. The molecule has 0 atom stereocenters. The Morgan fingerprint density at radius 1 is 1.14 bits per heavy atom. The summed E-state index contributed by atoms with van der Waals surface area (Å²) >= 11 is 5.85. The van der Waals surface area contributed by atoms with Crippen LogP contribution in [0.3, 0.4) is 0 Å². The maximum atomic E-state index is 12.9. The van der Waals surface area contributed by atoms with Crippen molar-refractivity contribution in [3.8, 4) is 0 Å². The Kier molecular flexibility index (Phi) is 3.75. The van der Waals surface area contributed by atoms with Crippen LogP contribution in [-0.2, 0) is 4.79 Å². The number of alkyl halides is 5. The van der Waals surface area contributed by atoms with Crippen LogP contribution in [0.1, 0.15) is 0 Å². The largest absolute Gasteiger partial charge is 0.463 e. The van der Waals surface area contributed by atoms with Crippen LogP contribution >= 0.6 is 11.6 Å². The SMILES string of the molecule is O=C(Nc1ccc(Cl)c2cccnc12)C(F)(F)C(F)(F)F. The van der Waals surface area contributed by atoms with E-state index in [2.05, 4.69) is 4.98 Å². The summed E-state index contributed by atoms with van der Waals surface area (Å²) in [5.74, 6) is -7.99. The van der Waals surface area contributed by atoms with Crippen LogP contribution in [0.4, 0.5) is 27.6 Å². The van der Waals surface area contributed by atoms with Crippen molar-refractivity contribution < 1.29 is 26.7 Å². The first-order valence-electron chi connectivity index (χ1n) is 5.44. The summed E-state index contributed by atoms with van der Waals surface area (Å²) in [5, 5.41) is 2.06. The van der Waals surface area contributed by atoms with Gasteiger partial charge in [0.1, 0.15) is 0 Å². The lowest BCUT2D eigenvalue weighted by atomic mass is 10.2. The van der Waals surface area contributed by atoms with Gasteiger partial charge in [0, 0.05) is 11.6 Å². The standard InChI is InChI=1S/C12H6ClF5N2O/c13-7-3-4-8(9-6(7)2-1-5-19-9)20-10(21)11(14,15)12(16,17)18/h1-5H,(H,20,21). The Bertz CT molecular complexity index is 702. The van der Waals surface area contributed by atoms with E-state index in [1.54, 1.807) is 0 Å². The Morgan fingerprint density at radius 2 is 1.81 bits per heavy atom. The Labute approximate surface area is 119 Å². The second-order valence-corrected chi connectivity index (χ2v) is 4.43. The topological polar surface area (TPSA) is 42.0 Å². The van der Waals surface area contributed by atoms with Crippen LogP contribution < -0.4 is 5.32 Å². The van der Waals surface area contributed by atoms with Crippen LogP contribution in [0, 0.1) is 0 Å². The zero-order valence-electron chi connectivity index (χ0n) is 10.0. The molecule has 3 nitrogen and oxygen atoms in total. The van der Waals surface area contributed by atoms with Crippen LogP contribution in [0.15, 0.2) is 30.5 Å². The predicted octanol–water partition coefficient (Wildman–Crippen LogP) is 4.02. The van der Waals surface area contributed by atoms with Gasteiger partial charge in [-0.2, -0.15) is 22.0 Å². The van der Waals surface area contributed by atoms with E-state index < -0.39 is 18.0 Å². The molecular weight excluding hydrogens is 319 g/mol. The van der Waals surface area contributed by atoms with Crippen molar-refractivity contribution in [3.05, 3.63) is 35.5 Å². The van der Waals surface area contributed by atoms with Crippen molar-refractivity contribution in [1.82, 2.24) is 4.98 Å². The van der Waals surface area contributed by atoms with E-state index in [0.29, 0.717) is 5.39 Å². The molecule has 1 heterocycles. The van der Waals surface area contributed by atoms with Gasteiger partial charge in [-0.05, 0) is 24.3 Å². The highest BCUT2D eigenvalue weighted by atomic mass is 35.5. The van der Waals surface area contributed by atoms with Gasteiger partial charge in [0.15, 0.2) is 0 Å². The second-order valence-electron chi connectivity index (χ2n) is 4.02. The molecule has 0 saturated carbocycles. The van der Waals surface area contributed by atoms with Crippen LogP contribution in [0.25, 0.3) is 10.9 Å². The molecule has 2 rings (SSSR count). The molecule has 1 amide bonds. The first kappa shape index (κ1) is 15.4. The van der Waals surface area contributed by atoms with Gasteiger partial charge in [-0.25, -0.2) is 0 Å². The molecule has 9 heteroatoms. The molecule has 112 valence electrons. The molecule has 0 aliphatic heterocycles. The number of rotatable bonds is 2. The van der Waals surface area contributed by atoms with E-state index in [0.717, 1.165) is 6.07 Å². The average Bonchev–Trinajstić information content (AvgIpc) is 2.41. The predicted molar refractivity (Wildman–Crippen MR) is 66.4 cm³/mol. The molecule has 1 aromatic carbocycles. The number of halogens is 6. The van der Waals surface area contributed by atoms with Crippen molar-refractivity contribution in [2.75, 3.05) is 5.32 Å². The van der Waals surface area contributed by atoms with Gasteiger partial charge in [0.2, 0.25) is 0 Å². The Morgan fingerprint density at radius 3 is 2.43 bits per heavy atom. The lowest BCUT2D eigenvalue weighted by Gasteiger charge is -2.19. The van der Waals surface area contributed by atoms with Crippen LogP contribution in [0.2, 0.25) is 5.02 Å². The van der Waals surface area contributed by atoms with E-state index in [1.807, 2.05) is 0 Å². The first-order chi connectivity index (χ1) is 9.64. The van der Waals surface area contributed by atoms with Crippen molar-refractivity contribution in [2.24, 2.45) is 0 Å². The van der Waals surface area contributed by atoms with Gasteiger partial charge in [-0.15, -0.1) is 0 Å². The van der Waals surface area contributed by atoms with Crippen molar-refractivity contribution in [1.29, 1.82) is 0 Å². The molecular formula is C12H6ClF5N2O. The monoisotopic (exact) mass is 324 g/mol. The van der Waals surface area contributed by atoms with E-state index in [4.69, 9.17) is 11.6 Å². The fourth-order valence-corrected chi connectivity index (χ4v) is 1.78. The summed E-state index contributed by atoms with van der Waals surface area (Å²) in [4.78, 5) is 15.0. The molecule has 1 N–H and O–H groups in total. The fourth-order valence-electron chi connectivity index (χ4n) is 1.57. The molecule has 21 heavy (non-hydrogen) atoms. The normalized spacial score (nSPS) is 12.5. The number of amides is 1. The summed E-state index contributed by atoms with van der Waals surface area (Å²) in [6.07, 6.45) is -4.69. The van der Waals surface area contributed by atoms with E-state index in [1.165, 1.54) is 29.7 Å². The number of pyridine rings is 1. The molecule has 0 saturated heterocycles. The van der Waals surface area contributed by atoms with Gasteiger partial charge in [-0.3, -0.25) is 9.78 Å². The number of aromatic nitrogens is 1. The number of nitrogens with one attached hydrogen (secondary N) is 1. The second kappa shape index (κ2) is 5.10. The number of benzene rings is 1. The van der Waals surface area contributed by atoms with Crippen LogP contribution in [0.5, 0.6) is 0 Å². The molecule has 0 unspecified atom stereocenters. The van der Waals surface area contributed by atoms with E-state index in [9.17, 15) is 26.7 Å². The summed E-state index contributed by atoms with van der Waals surface area (Å²) in [6, 6.07) is 5.35. The van der Waals surface area contributed by atoms with Gasteiger partial charge in [-0.1, -0.05) is 11.6 Å². The van der Waals surface area contributed by atoms with Crippen molar-refractivity contribution in [3.63, 3.8) is 0 Å². The first-order valence-corrected chi connectivity index (χ1v) is 5.81. The quantitative estimate of drug-likeness (QED) is 0.848. The molecule has 2 aromatic rings. The molecule has 0 aliphatic rings. The smallest absolute Gasteiger partial charge is 0.319 e. The zero-order chi connectivity index (χ0) is 15.8. The van der Waals surface area contributed by atoms with Gasteiger partial charge >= 0.3 is 18.0 Å². The maximum absolute atomic E-state index is 12.9. The summed E-state index contributed by atoms with van der Waals surface area (Å²) in [7, 11) is 0. The lowest BCUT2D eigenvalue weighted by molar-refractivity contribution is -0.267. The Balaban J connectivity index is 2.42. The number of fused-ring (bicyclic) bond motifs is 1. The third-order valence-electron chi connectivity index (χ3n) is 2.61. The number of hydrogen-bond donors (Lipinski definition) is 1. The molecule has 0 aliphatic carbocycles. The van der Waals surface area contributed by atoms with Gasteiger partial charge < -0.3 is 5.32 Å². The minimum Gasteiger partial charge on any atom is -0.319 e. The van der Waals surface area contributed by atoms with Gasteiger partial charge in [0.05, 0.1) is 16.2 Å². The fraction of sp³-hybridized carbons (Fsp3) is 0.167. The minimum absolute atomic E-state index is 0.0105. The number of carbonyl (C=O) groups excluding carboxylic acids is 1. The van der Waals surface area contributed by atoms with E-state index in [-0.39, 0.29) is 16.2 Å². The number of hydrogen-bond acceptors (Lipinski definition) is 2. The van der Waals surface area contributed by atoms with Crippen LogP contribution in [-0.4, -0.2) is 23.0 Å². The number of nitrogens with zero attached hydrogens (tertiary/aromatic N) is 1. The number of anilines is 1. The van der Waals surface area contributed by atoms with E-state index >= 15 is 0 Å². The molecule has 0 fully saturated rings. The highest BCUT2D eigenvalue weighted by molar-refractivity contribution is 6.36. The summed E-state index contributed by atoms with van der Waals surface area (Å²) in [6.45, 7) is 0. The zero-order valence-corrected chi connectivity index (χ0v) is 10.8. The minimum atomic E-state index is -5.98. The molecule has 0 radical (unpaired) electrons. The third-order valence-corrected chi connectivity index (χ3v) is 2.94. The summed E-state index contributed by atoms with van der Waals surface area (Å²) in [5.41, 5.74) is -0.278. The highest BCUT2D eigenvalue weighted by Crippen LogP contribution is 2.37. The molecule has 0 bridgehead atoms. The molecule has 1 aromatic heterocycles. The van der Waals surface area contributed by atoms with Crippen molar-refractivity contribution in [2.45, 2.75) is 12.1 Å². The third kappa shape index (κ3) is 2.76. The molecule has 0 spiro atoms. The maximum Gasteiger partial charge on any atom is 0.463 e. The van der Waals surface area contributed by atoms with Gasteiger partial charge in [0.25, 0.3) is 0 Å². The number of carbonyl (C=O) groups is 1. The highest BCUT2D eigenvalue weighted by Gasteiger charge is 2.63.